The van der Waals surface area contributed by atoms with Crippen LogP contribution in [0.15, 0.2) is 194 Å². The predicted octanol–water partition coefficient (Wildman–Crippen LogP) is 17.0. The Bertz CT molecular complexity index is 2050. The van der Waals surface area contributed by atoms with Gasteiger partial charge in [-0.3, -0.25) is 23.4 Å². The van der Waals surface area contributed by atoms with E-state index in [1.165, 1.54) is 0 Å². The van der Waals surface area contributed by atoms with E-state index in [4.69, 9.17) is 23.3 Å². The van der Waals surface area contributed by atoms with Gasteiger partial charge in [-0.05, 0) is 122 Å². The Morgan fingerprint density at radius 3 is 0.846 bits per heavy atom. The van der Waals surface area contributed by atoms with E-state index in [1.54, 1.807) is 0 Å². The van der Waals surface area contributed by atoms with Crippen LogP contribution < -0.4 is 0 Å². The molecule has 11 nitrogen and oxygen atoms in total. The molecule has 12 heteroatoms. The van der Waals surface area contributed by atoms with Crippen molar-refractivity contribution in [2.24, 2.45) is 0 Å². The number of allylic oxidation sites excluding steroid dienone is 32. The molecule has 0 aliphatic carbocycles. The minimum absolute atomic E-state index is 0.00930. The van der Waals surface area contributed by atoms with Crippen LogP contribution in [0.4, 0.5) is 0 Å². The van der Waals surface area contributed by atoms with Gasteiger partial charge in [-0.2, -0.15) is 0 Å². The summed E-state index contributed by atoms with van der Waals surface area (Å²) in [4.78, 5) is 48.4. The summed E-state index contributed by atoms with van der Waals surface area (Å²) in [6.07, 6.45) is 80.1. The molecule has 2 N–H and O–H groups in total. The standard InChI is InChI=1S/C66H97O11P/c1-4-7-10-13-16-19-22-25-27-29-31-33-35-38-41-44-47-50-53-56-65(69)76-62(58-67)60-74-78(71,72)75-61-63(59-73-64(68)55-52-49-46-43-40-37-24-21-18-15-12-9-6-3)77-66(70)57-54-51-48-45-42-39-36-34-32-30-28-26-23-20-17-14-11-8-5-2/h7-12,16-21,25-28,31-34,37-42,46-51,62-63,67H,4-6,13-15,22-24,29-30,35-36,43-45,52-61H2,1-3H3,(H,71,72)/b10-7-,11-8-,12-9-,19-16-,20-17-,21-18-,27-25-,28-26-,33-31-,34-32-,40-37-,41-38-,42-39-,49-46-,50-47-,51-48-. The molecule has 0 aliphatic rings. The Labute approximate surface area is 471 Å². The highest BCUT2D eigenvalue weighted by Crippen LogP contribution is 2.43. The normalized spacial score (nSPS) is 14.8. The molecule has 0 aromatic heterocycles. The van der Waals surface area contributed by atoms with Crippen molar-refractivity contribution < 1.29 is 52.2 Å². The first-order valence-corrected chi connectivity index (χ1v) is 29.8. The molecule has 0 aliphatic heterocycles. The molecule has 3 unspecified atom stereocenters. The fourth-order valence-corrected chi connectivity index (χ4v) is 7.14. The smallest absolute Gasteiger partial charge is 0.462 e. The molecule has 0 spiro atoms. The van der Waals surface area contributed by atoms with Gasteiger partial charge in [0.2, 0.25) is 0 Å². The molecule has 432 valence electrons. The first-order chi connectivity index (χ1) is 38.2. The SMILES string of the molecule is CC/C=C\C/C=C\C/C=C\C/C=C\C/C=C\C/C=C\CCC(=O)OC(CO)COP(=O)(O)OCC(COC(=O)CC/C=C\C/C=C\C/C=C\C/C=C\CC)OC(=O)CC/C=C\C/C=C\C/C=C\C/C=C\C/C=C\C/C=C\CC. The van der Waals surface area contributed by atoms with Crippen LogP contribution in [-0.4, -0.2) is 66.5 Å². The first-order valence-electron chi connectivity index (χ1n) is 28.3. The second-order valence-corrected chi connectivity index (χ2v) is 19.1. The van der Waals surface area contributed by atoms with Crippen molar-refractivity contribution in [3.8, 4) is 0 Å². The Kier molecular flexibility index (Phi) is 53.3. The number of phosphoric acid groups is 1. The maximum absolute atomic E-state index is 12.9. The summed E-state index contributed by atoms with van der Waals surface area (Å²) in [6, 6.07) is 0. The molecule has 78 heavy (non-hydrogen) atoms. The van der Waals surface area contributed by atoms with E-state index in [0.717, 1.165) is 89.9 Å². The van der Waals surface area contributed by atoms with Crippen molar-refractivity contribution in [1.82, 2.24) is 0 Å². The number of hydrogen-bond acceptors (Lipinski definition) is 10. The topological polar surface area (TPSA) is 155 Å². The fourth-order valence-electron chi connectivity index (χ4n) is 6.36. The monoisotopic (exact) mass is 1100 g/mol. The minimum atomic E-state index is -4.82. The lowest BCUT2D eigenvalue weighted by molar-refractivity contribution is -0.161. The minimum Gasteiger partial charge on any atom is -0.462 e. The average molecular weight is 1100 g/mol. The number of ether oxygens (including phenoxy) is 3. The zero-order chi connectivity index (χ0) is 56.9. The first kappa shape index (κ1) is 72.3. The fraction of sp³-hybridized carbons (Fsp3) is 0.470. The molecular weight excluding hydrogens is 1000 g/mol. The molecule has 0 radical (unpaired) electrons. The zero-order valence-corrected chi connectivity index (χ0v) is 48.4. The van der Waals surface area contributed by atoms with Crippen LogP contribution in [0.5, 0.6) is 0 Å². The van der Waals surface area contributed by atoms with Crippen molar-refractivity contribution in [3.05, 3.63) is 194 Å². The molecule has 0 aromatic rings. The summed E-state index contributed by atoms with van der Waals surface area (Å²) in [5.41, 5.74) is 0. The van der Waals surface area contributed by atoms with Gasteiger partial charge < -0.3 is 24.2 Å². The van der Waals surface area contributed by atoms with Crippen molar-refractivity contribution >= 4 is 25.7 Å². The van der Waals surface area contributed by atoms with Gasteiger partial charge in [0, 0.05) is 19.3 Å². The van der Waals surface area contributed by atoms with E-state index in [1.807, 2.05) is 48.6 Å². The van der Waals surface area contributed by atoms with Crippen LogP contribution in [-0.2, 0) is 42.2 Å². The Balaban J connectivity index is 4.98. The number of carbonyl (C=O) groups excluding carboxylic acids is 3. The van der Waals surface area contributed by atoms with Crippen LogP contribution in [0.25, 0.3) is 0 Å². The van der Waals surface area contributed by atoms with E-state index in [2.05, 4.69) is 167 Å². The lowest BCUT2D eigenvalue weighted by Gasteiger charge is -2.21. The van der Waals surface area contributed by atoms with Gasteiger partial charge in [-0.25, -0.2) is 4.57 Å². The molecule has 0 fully saturated rings. The molecular formula is C66H97O11P. The number of rotatable bonds is 49. The highest BCUT2D eigenvalue weighted by atomic mass is 31.2. The lowest BCUT2D eigenvalue weighted by Crippen LogP contribution is -2.30. The number of esters is 3. The quantitative estimate of drug-likeness (QED) is 0.0259. The molecule has 3 atom stereocenters. The molecule has 0 amide bonds. The van der Waals surface area contributed by atoms with Crippen LogP contribution in [0, 0.1) is 0 Å². The third kappa shape index (κ3) is 55.1. The molecule has 0 heterocycles. The second kappa shape index (κ2) is 57.5. The summed E-state index contributed by atoms with van der Waals surface area (Å²) >= 11 is 0. The number of aliphatic hydroxyl groups is 1. The van der Waals surface area contributed by atoms with Crippen LogP contribution >= 0.6 is 7.82 Å². The third-order valence-corrected chi connectivity index (χ3v) is 11.5. The van der Waals surface area contributed by atoms with Crippen molar-refractivity contribution in [2.75, 3.05) is 26.4 Å². The number of aliphatic hydroxyl groups excluding tert-OH is 1. The van der Waals surface area contributed by atoms with E-state index >= 15 is 0 Å². The van der Waals surface area contributed by atoms with Gasteiger partial charge >= 0.3 is 25.7 Å². The van der Waals surface area contributed by atoms with Gasteiger partial charge in [-0.15, -0.1) is 0 Å². The molecule has 0 saturated carbocycles. The van der Waals surface area contributed by atoms with E-state index in [0.29, 0.717) is 32.1 Å². The van der Waals surface area contributed by atoms with Gasteiger partial charge in [0.05, 0.1) is 19.8 Å². The molecule has 0 aromatic carbocycles. The summed E-state index contributed by atoms with van der Waals surface area (Å²) < 4.78 is 39.2. The number of hydrogen-bond donors (Lipinski definition) is 2. The maximum Gasteiger partial charge on any atom is 0.472 e. The Morgan fingerprint density at radius 1 is 0.346 bits per heavy atom. The predicted molar refractivity (Wildman–Crippen MR) is 324 cm³/mol. The van der Waals surface area contributed by atoms with Gasteiger partial charge in [-0.1, -0.05) is 215 Å². The Hall–Kier alpha value is -5.68. The second-order valence-electron chi connectivity index (χ2n) is 17.6. The van der Waals surface area contributed by atoms with E-state index < -0.39 is 64.4 Å². The summed E-state index contributed by atoms with van der Waals surface area (Å²) in [7, 11) is -4.82. The van der Waals surface area contributed by atoms with Gasteiger partial charge in [0.1, 0.15) is 12.7 Å². The summed E-state index contributed by atoms with van der Waals surface area (Å²) in [5.74, 6) is -1.79. The summed E-state index contributed by atoms with van der Waals surface area (Å²) in [5, 5.41) is 9.81. The lowest BCUT2D eigenvalue weighted by atomic mass is 10.2. The summed E-state index contributed by atoms with van der Waals surface area (Å²) in [6.45, 7) is 4.00. The third-order valence-electron chi connectivity index (χ3n) is 10.5. The highest BCUT2D eigenvalue weighted by Gasteiger charge is 2.28. The average Bonchev–Trinajstić information content (AvgIpc) is 3.43. The largest absolute Gasteiger partial charge is 0.472 e. The zero-order valence-electron chi connectivity index (χ0n) is 47.5. The van der Waals surface area contributed by atoms with Crippen LogP contribution in [0.1, 0.15) is 162 Å². The number of carbonyl (C=O) groups is 3. The van der Waals surface area contributed by atoms with Crippen molar-refractivity contribution in [1.29, 1.82) is 0 Å². The molecule has 0 rings (SSSR count). The Morgan fingerprint density at radius 2 is 0.577 bits per heavy atom. The van der Waals surface area contributed by atoms with E-state index in [9.17, 15) is 28.9 Å². The van der Waals surface area contributed by atoms with Crippen LogP contribution in [0.3, 0.4) is 0 Å². The van der Waals surface area contributed by atoms with Crippen molar-refractivity contribution in [3.63, 3.8) is 0 Å². The van der Waals surface area contributed by atoms with Gasteiger partial charge in [0.25, 0.3) is 0 Å². The maximum atomic E-state index is 12.9. The van der Waals surface area contributed by atoms with Crippen LogP contribution in [0.2, 0.25) is 0 Å². The molecule has 0 bridgehead atoms. The van der Waals surface area contributed by atoms with Gasteiger partial charge in [0.15, 0.2) is 6.10 Å². The van der Waals surface area contributed by atoms with Crippen molar-refractivity contribution in [2.45, 2.75) is 174 Å². The molecule has 0 saturated heterocycles. The van der Waals surface area contributed by atoms with E-state index in [-0.39, 0.29) is 19.3 Å². The highest BCUT2D eigenvalue weighted by molar-refractivity contribution is 7.47. The number of phosphoric ester groups is 1.